The van der Waals surface area contributed by atoms with Crippen LogP contribution in [-0.2, 0) is 4.74 Å². The molecule has 1 atom stereocenters. The summed E-state index contributed by atoms with van der Waals surface area (Å²) in [6, 6.07) is 3.28. The summed E-state index contributed by atoms with van der Waals surface area (Å²) in [5.74, 6) is 0.904. The molecule has 0 bridgehead atoms. The molecule has 142 valence electrons. The summed E-state index contributed by atoms with van der Waals surface area (Å²) in [5.41, 5.74) is 0. The Kier molecular flexibility index (Phi) is 10.7. The Morgan fingerprint density at radius 1 is 1.48 bits per heavy atom. The fourth-order valence-corrected chi connectivity index (χ4v) is 2.66. The van der Waals surface area contributed by atoms with Crippen molar-refractivity contribution in [2.75, 3.05) is 44.8 Å². The second kappa shape index (κ2) is 12.2. The van der Waals surface area contributed by atoms with Gasteiger partial charge in [-0.25, -0.2) is 9.37 Å². The van der Waals surface area contributed by atoms with Gasteiger partial charge >= 0.3 is 0 Å². The highest BCUT2D eigenvalue weighted by Gasteiger charge is 2.25. The Balaban J connectivity index is 0.00000312. The van der Waals surface area contributed by atoms with Gasteiger partial charge in [0.2, 0.25) is 0 Å². The van der Waals surface area contributed by atoms with E-state index < -0.39 is 0 Å². The number of hydrogen-bond acceptors (Lipinski definition) is 4. The van der Waals surface area contributed by atoms with Crippen LogP contribution in [0.2, 0.25) is 0 Å². The molecule has 1 aromatic rings. The maximum atomic E-state index is 13.8. The van der Waals surface area contributed by atoms with Gasteiger partial charge in [0.25, 0.3) is 0 Å². The van der Waals surface area contributed by atoms with Crippen molar-refractivity contribution in [1.29, 1.82) is 0 Å². The molecule has 6 nitrogen and oxygen atoms in total. The van der Waals surface area contributed by atoms with Crippen molar-refractivity contribution < 1.29 is 9.13 Å². The first-order chi connectivity index (χ1) is 11.7. The fourth-order valence-electron chi connectivity index (χ4n) is 2.66. The van der Waals surface area contributed by atoms with Gasteiger partial charge in [-0.05, 0) is 25.0 Å². The lowest BCUT2D eigenvalue weighted by Gasteiger charge is -2.20. The van der Waals surface area contributed by atoms with E-state index in [1.165, 1.54) is 6.07 Å². The molecule has 25 heavy (non-hydrogen) atoms. The summed E-state index contributed by atoms with van der Waals surface area (Å²) >= 11 is 0. The van der Waals surface area contributed by atoms with Crippen LogP contribution in [0.15, 0.2) is 23.3 Å². The molecule has 0 spiro atoms. The molecule has 2 heterocycles. The van der Waals surface area contributed by atoms with Crippen LogP contribution in [0.5, 0.6) is 0 Å². The number of aromatic nitrogens is 1. The zero-order chi connectivity index (χ0) is 17.2. The van der Waals surface area contributed by atoms with Gasteiger partial charge in [0.05, 0.1) is 6.61 Å². The van der Waals surface area contributed by atoms with E-state index in [4.69, 9.17) is 4.74 Å². The average molecular weight is 465 g/mol. The van der Waals surface area contributed by atoms with Crippen molar-refractivity contribution in [2.45, 2.75) is 32.2 Å². The topological polar surface area (TPSA) is 61.8 Å². The smallest absolute Gasteiger partial charge is 0.191 e. The standard InChI is InChI=1S/C17H28FN5O.HI/c1-3-4-11-24-12-9-21-17(19-2)22-14-7-10-23(13-14)16-15(18)6-5-8-20-16;/h5-6,8,14H,3-4,7,9-13H2,1-2H3,(H2,19,21,22);1H. The fraction of sp³-hybridized carbons (Fsp3) is 0.647. The van der Waals surface area contributed by atoms with Gasteiger partial charge in [0.15, 0.2) is 17.6 Å². The van der Waals surface area contributed by atoms with E-state index in [9.17, 15) is 4.39 Å². The number of halogens is 2. The Hall–Kier alpha value is -1.16. The summed E-state index contributed by atoms with van der Waals surface area (Å²) in [6.45, 7) is 5.82. The lowest BCUT2D eigenvalue weighted by Crippen LogP contribution is -2.45. The van der Waals surface area contributed by atoms with E-state index in [2.05, 4.69) is 27.5 Å². The maximum Gasteiger partial charge on any atom is 0.191 e. The molecular formula is C17H29FIN5O. The van der Waals surface area contributed by atoms with E-state index in [0.717, 1.165) is 38.4 Å². The number of nitrogens with one attached hydrogen (secondary N) is 2. The number of rotatable bonds is 8. The van der Waals surface area contributed by atoms with Gasteiger partial charge < -0.3 is 20.3 Å². The van der Waals surface area contributed by atoms with Crippen LogP contribution in [0.4, 0.5) is 10.2 Å². The molecule has 2 N–H and O–H groups in total. The molecule has 1 fully saturated rings. The van der Waals surface area contributed by atoms with Crippen LogP contribution in [0.25, 0.3) is 0 Å². The normalized spacial score (nSPS) is 17.3. The highest BCUT2D eigenvalue weighted by atomic mass is 127. The minimum atomic E-state index is -0.273. The summed E-state index contributed by atoms with van der Waals surface area (Å²) in [5, 5.41) is 6.62. The van der Waals surface area contributed by atoms with Crippen LogP contribution < -0.4 is 15.5 Å². The summed E-state index contributed by atoms with van der Waals surface area (Å²) < 4.78 is 19.3. The Morgan fingerprint density at radius 3 is 3.04 bits per heavy atom. The monoisotopic (exact) mass is 465 g/mol. The third-order valence-corrected chi connectivity index (χ3v) is 3.97. The molecule has 0 aliphatic carbocycles. The van der Waals surface area contributed by atoms with Crippen molar-refractivity contribution in [3.05, 3.63) is 24.1 Å². The minimum Gasteiger partial charge on any atom is -0.380 e. The number of ether oxygens (including phenoxy) is 1. The molecule has 0 saturated carbocycles. The molecule has 8 heteroatoms. The molecule has 0 amide bonds. The van der Waals surface area contributed by atoms with Crippen molar-refractivity contribution in [2.24, 2.45) is 4.99 Å². The van der Waals surface area contributed by atoms with Gasteiger partial charge in [0, 0.05) is 45.5 Å². The van der Waals surface area contributed by atoms with Gasteiger partial charge in [-0.15, -0.1) is 24.0 Å². The highest BCUT2D eigenvalue weighted by molar-refractivity contribution is 14.0. The van der Waals surface area contributed by atoms with Gasteiger partial charge in [-0.3, -0.25) is 4.99 Å². The lowest BCUT2D eigenvalue weighted by atomic mass is 10.3. The number of nitrogens with zero attached hydrogens (tertiary/aromatic N) is 3. The number of aliphatic imine (C=N–C) groups is 1. The van der Waals surface area contributed by atoms with Crippen LogP contribution in [-0.4, -0.2) is 56.9 Å². The number of hydrogen-bond donors (Lipinski definition) is 2. The zero-order valence-corrected chi connectivity index (χ0v) is 17.3. The maximum absolute atomic E-state index is 13.8. The SMILES string of the molecule is CCCCOCCNC(=NC)NC1CCN(c2ncccc2F)C1.I. The molecule has 1 unspecified atom stereocenters. The Labute approximate surface area is 166 Å². The summed E-state index contributed by atoms with van der Waals surface area (Å²) in [7, 11) is 1.75. The predicted molar refractivity (Wildman–Crippen MR) is 110 cm³/mol. The van der Waals surface area contributed by atoms with Gasteiger partial charge in [-0.1, -0.05) is 13.3 Å². The number of pyridine rings is 1. The predicted octanol–water partition coefficient (Wildman–Crippen LogP) is 2.40. The summed E-state index contributed by atoms with van der Waals surface area (Å²) in [6.07, 6.45) is 4.78. The van der Waals surface area contributed by atoms with E-state index in [0.29, 0.717) is 25.5 Å². The van der Waals surface area contributed by atoms with Crippen LogP contribution >= 0.6 is 24.0 Å². The van der Waals surface area contributed by atoms with Crippen molar-refractivity contribution in [3.63, 3.8) is 0 Å². The minimum absolute atomic E-state index is 0. The molecule has 1 aromatic heterocycles. The number of anilines is 1. The van der Waals surface area contributed by atoms with Crippen molar-refractivity contribution in [1.82, 2.24) is 15.6 Å². The number of unbranched alkanes of at least 4 members (excludes halogenated alkanes) is 1. The second-order valence-electron chi connectivity index (χ2n) is 5.85. The molecule has 1 aliphatic heterocycles. The van der Waals surface area contributed by atoms with Gasteiger partial charge in [-0.2, -0.15) is 0 Å². The molecule has 2 rings (SSSR count). The lowest BCUT2D eigenvalue weighted by molar-refractivity contribution is 0.136. The largest absolute Gasteiger partial charge is 0.380 e. The molecular weight excluding hydrogens is 436 g/mol. The third kappa shape index (κ3) is 7.31. The van der Waals surface area contributed by atoms with Gasteiger partial charge in [0.1, 0.15) is 0 Å². The number of guanidine groups is 1. The van der Waals surface area contributed by atoms with E-state index >= 15 is 0 Å². The Bertz CT molecular complexity index is 532. The quantitative estimate of drug-likeness (QED) is 0.267. The average Bonchev–Trinajstić information content (AvgIpc) is 3.05. The summed E-state index contributed by atoms with van der Waals surface area (Å²) in [4.78, 5) is 10.3. The van der Waals surface area contributed by atoms with E-state index in [1.54, 1.807) is 19.3 Å². The molecule has 0 radical (unpaired) electrons. The Morgan fingerprint density at radius 2 is 2.32 bits per heavy atom. The third-order valence-electron chi connectivity index (χ3n) is 3.97. The second-order valence-corrected chi connectivity index (χ2v) is 5.85. The van der Waals surface area contributed by atoms with E-state index in [-0.39, 0.29) is 35.8 Å². The van der Waals surface area contributed by atoms with Crippen LogP contribution in [0.1, 0.15) is 26.2 Å². The first-order valence-electron chi connectivity index (χ1n) is 8.65. The van der Waals surface area contributed by atoms with E-state index in [1.807, 2.05) is 4.90 Å². The van der Waals surface area contributed by atoms with Crippen molar-refractivity contribution in [3.8, 4) is 0 Å². The molecule has 1 aliphatic rings. The first kappa shape index (κ1) is 21.9. The highest BCUT2D eigenvalue weighted by Crippen LogP contribution is 2.20. The first-order valence-corrected chi connectivity index (χ1v) is 8.65. The molecule has 1 saturated heterocycles. The van der Waals surface area contributed by atoms with Crippen LogP contribution in [0.3, 0.4) is 0 Å². The zero-order valence-electron chi connectivity index (χ0n) is 15.0. The molecule has 0 aromatic carbocycles. The van der Waals surface area contributed by atoms with Crippen molar-refractivity contribution >= 4 is 35.8 Å². The van der Waals surface area contributed by atoms with Crippen LogP contribution in [0, 0.1) is 5.82 Å².